The van der Waals surface area contributed by atoms with Crippen molar-refractivity contribution in [3.63, 3.8) is 0 Å². The second-order valence-corrected chi connectivity index (χ2v) is 6.02. The molecular formula is C13H16N2O4S. The first kappa shape index (κ1) is 16.1. The van der Waals surface area contributed by atoms with Crippen LogP contribution >= 0.6 is 0 Å². The van der Waals surface area contributed by atoms with E-state index >= 15 is 0 Å². The first-order valence-corrected chi connectivity index (χ1v) is 7.51. The molecule has 1 aromatic rings. The summed E-state index contributed by atoms with van der Waals surface area (Å²) in [4.78, 5) is 10.0. The predicted octanol–water partition coefficient (Wildman–Crippen LogP) is 1.98. The van der Waals surface area contributed by atoms with Gasteiger partial charge >= 0.3 is 0 Å². The summed E-state index contributed by atoms with van der Waals surface area (Å²) in [6.07, 6.45) is 5.99. The molecule has 0 aromatic heterocycles. The highest BCUT2D eigenvalue weighted by Gasteiger charge is 2.23. The SMILES string of the molecule is C#CCC(CC)NS(=O)(=O)c1cc([N+](=O)[O-])ccc1C. The van der Waals surface area contributed by atoms with Crippen LogP contribution in [-0.2, 0) is 10.0 Å². The maximum Gasteiger partial charge on any atom is 0.270 e. The molecule has 1 aromatic carbocycles. The zero-order chi connectivity index (χ0) is 15.3. The van der Waals surface area contributed by atoms with Crippen molar-refractivity contribution >= 4 is 15.7 Å². The fourth-order valence-corrected chi connectivity index (χ4v) is 3.27. The minimum absolute atomic E-state index is 0.0952. The first-order valence-electron chi connectivity index (χ1n) is 6.02. The standard InChI is InChI=1S/C13H16N2O4S/c1-4-6-11(5-2)14-20(18,19)13-9-12(15(16)17)8-7-10(13)3/h1,7-9,11,14H,5-6H2,2-3H3. The van der Waals surface area contributed by atoms with E-state index in [1.807, 2.05) is 6.92 Å². The smallest absolute Gasteiger partial charge is 0.258 e. The van der Waals surface area contributed by atoms with Crippen LogP contribution in [0.3, 0.4) is 0 Å². The Morgan fingerprint density at radius 1 is 1.50 bits per heavy atom. The van der Waals surface area contributed by atoms with Gasteiger partial charge in [0, 0.05) is 24.6 Å². The van der Waals surface area contributed by atoms with Gasteiger partial charge in [-0.25, -0.2) is 13.1 Å². The Morgan fingerprint density at radius 3 is 2.65 bits per heavy atom. The average Bonchev–Trinajstić information content (AvgIpc) is 2.37. The van der Waals surface area contributed by atoms with Crippen molar-refractivity contribution in [3.05, 3.63) is 33.9 Å². The molecule has 108 valence electrons. The van der Waals surface area contributed by atoms with Crippen molar-refractivity contribution in [2.45, 2.75) is 37.6 Å². The molecule has 0 aliphatic rings. The number of sulfonamides is 1. The highest BCUT2D eigenvalue weighted by molar-refractivity contribution is 7.89. The van der Waals surface area contributed by atoms with Gasteiger partial charge in [-0.15, -0.1) is 12.3 Å². The summed E-state index contributed by atoms with van der Waals surface area (Å²) in [5.74, 6) is 2.40. The van der Waals surface area contributed by atoms with Gasteiger partial charge in [-0.1, -0.05) is 13.0 Å². The van der Waals surface area contributed by atoms with E-state index in [0.717, 1.165) is 6.07 Å². The fourth-order valence-electron chi connectivity index (χ4n) is 1.69. The highest BCUT2D eigenvalue weighted by Crippen LogP contribution is 2.22. The molecule has 1 unspecified atom stereocenters. The van der Waals surface area contributed by atoms with Crippen LogP contribution in [-0.4, -0.2) is 19.4 Å². The van der Waals surface area contributed by atoms with Gasteiger partial charge in [0.05, 0.1) is 9.82 Å². The third kappa shape index (κ3) is 3.79. The Hall–Kier alpha value is -1.91. The molecular weight excluding hydrogens is 280 g/mol. The molecule has 0 heterocycles. The van der Waals surface area contributed by atoms with Crippen LogP contribution < -0.4 is 4.72 Å². The van der Waals surface area contributed by atoms with Crippen LogP contribution in [0, 0.1) is 29.4 Å². The van der Waals surface area contributed by atoms with Crippen LogP contribution in [0.15, 0.2) is 23.1 Å². The molecule has 0 saturated carbocycles. The zero-order valence-corrected chi connectivity index (χ0v) is 12.1. The second kappa shape index (κ2) is 6.50. The van der Waals surface area contributed by atoms with Crippen molar-refractivity contribution in [1.82, 2.24) is 4.72 Å². The molecule has 0 aliphatic heterocycles. The van der Waals surface area contributed by atoms with Crippen LogP contribution in [0.25, 0.3) is 0 Å². The molecule has 0 bridgehead atoms. The molecule has 0 saturated heterocycles. The number of nitro groups is 1. The van der Waals surface area contributed by atoms with Crippen LogP contribution in [0.1, 0.15) is 25.3 Å². The number of terminal acetylenes is 1. The topological polar surface area (TPSA) is 89.3 Å². The highest BCUT2D eigenvalue weighted by atomic mass is 32.2. The van der Waals surface area contributed by atoms with Crippen molar-refractivity contribution in [3.8, 4) is 12.3 Å². The van der Waals surface area contributed by atoms with Gasteiger partial charge in [0.1, 0.15) is 0 Å². The summed E-state index contributed by atoms with van der Waals surface area (Å²) in [5.41, 5.74) is 0.180. The van der Waals surface area contributed by atoms with Gasteiger partial charge < -0.3 is 0 Å². The van der Waals surface area contributed by atoms with Gasteiger partial charge in [-0.05, 0) is 18.9 Å². The molecule has 1 N–H and O–H groups in total. The molecule has 1 rings (SSSR count). The van der Waals surface area contributed by atoms with Gasteiger partial charge in [-0.2, -0.15) is 0 Å². The number of hydrogen-bond donors (Lipinski definition) is 1. The maximum absolute atomic E-state index is 12.3. The molecule has 0 fully saturated rings. The summed E-state index contributed by atoms with van der Waals surface area (Å²) in [7, 11) is -3.83. The zero-order valence-electron chi connectivity index (χ0n) is 11.3. The van der Waals surface area contributed by atoms with Crippen molar-refractivity contribution in [1.29, 1.82) is 0 Å². The van der Waals surface area contributed by atoms with E-state index in [1.165, 1.54) is 12.1 Å². The second-order valence-electron chi connectivity index (χ2n) is 4.34. The van der Waals surface area contributed by atoms with Crippen molar-refractivity contribution < 1.29 is 13.3 Å². The van der Waals surface area contributed by atoms with Gasteiger partial charge in [0.15, 0.2) is 0 Å². The summed E-state index contributed by atoms with van der Waals surface area (Å²) in [6, 6.07) is 3.35. The molecule has 0 spiro atoms. The number of benzene rings is 1. The Morgan fingerprint density at radius 2 is 2.15 bits per heavy atom. The summed E-state index contributed by atoms with van der Waals surface area (Å²) in [5, 5.41) is 10.7. The number of nitrogens with one attached hydrogen (secondary N) is 1. The molecule has 20 heavy (non-hydrogen) atoms. The number of hydrogen-bond acceptors (Lipinski definition) is 4. The molecule has 0 aliphatic carbocycles. The molecule has 0 radical (unpaired) electrons. The third-order valence-corrected chi connectivity index (χ3v) is 4.51. The molecule has 6 nitrogen and oxygen atoms in total. The molecule has 7 heteroatoms. The lowest BCUT2D eigenvalue weighted by atomic mass is 10.2. The Labute approximate surface area is 118 Å². The van der Waals surface area contributed by atoms with E-state index in [4.69, 9.17) is 6.42 Å². The van der Waals surface area contributed by atoms with Crippen LogP contribution in [0.5, 0.6) is 0 Å². The number of non-ortho nitro benzene ring substituents is 1. The number of rotatable bonds is 6. The monoisotopic (exact) mass is 296 g/mol. The van der Waals surface area contributed by atoms with Crippen molar-refractivity contribution in [2.24, 2.45) is 0 Å². The summed E-state index contributed by atoms with van der Waals surface area (Å²) >= 11 is 0. The van der Waals surface area contributed by atoms with Crippen LogP contribution in [0.4, 0.5) is 5.69 Å². The van der Waals surface area contributed by atoms with E-state index in [9.17, 15) is 18.5 Å². The number of aryl methyl sites for hydroxylation is 1. The van der Waals surface area contributed by atoms with E-state index in [1.54, 1.807) is 6.92 Å². The third-order valence-electron chi connectivity index (χ3n) is 2.85. The predicted molar refractivity (Wildman–Crippen MR) is 75.7 cm³/mol. The van der Waals surface area contributed by atoms with Gasteiger partial charge in [-0.3, -0.25) is 10.1 Å². The summed E-state index contributed by atoms with van der Waals surface area (Å²) < 4.78 is 27.0. The average molecular weight is 296 g/mol. The number of nitro benzene ring substituents is 1. The number of nitrogens with zero attached hydrogens (tertiary/aromatic N) is 1. The Balaban J connectivity index is 3.18. The van der Waals surface area contributed by atoms with Gasteiger partial charge in [0.25, 0.3) is 5.69 Å². The first-order chi connectivity index (χ1) is 9.31. The minimum Gasteiger partial charge on any atom is -0.258 e. The summed E-state index contributed by atoms with van der Waals surface area (Å²) in [6.45, 7) is 3.39. The van der Waals surface area contributed by atoms with Gasteiger partial charge in [0.2, 0.25) is 10.0 Å². The van der Waals surface area contributed by atoms with E-state index in [0.29, 0.717) is 12.0 Å². The molecule has 0 amide bonds. The fraction of sp³-hybridized carbons (Fsp3) is 0.385. The lowest BCUT2D eigenvalue weighted by Gasteiger charge is -2.15. The van der Waals surface area contributed by atoms with Crippen LogP contribution in [0.2, 0.25) is 0 Å². The largest absolute Gasteiger partial charge is 0.270 e. The van der Waals surface area contributed by atoms with E-state index < -0.39 is 14.9 Å². The lowest BCUT2D eigenvalue weighted by molar-refractivity contribution is -0.385. The quantitative estimate of drug-likeness (QED) is 0.494. The lowest BCUT2D eigenvalue weighted by Crippen LogP contribution is -2.34. The Kier molecular flexibility index (Phi) is 5.25. The minimum atomic E-state index is -3.83. The Bertz CT molecular complexity index is 647. The van der Waals surface area contributed by atoms with E-state index in [2.05, 4.69) is 10.6 Å². The normalized spacial score (nSPS) is 12.7. The van der Waals surface area contributed by atoms with E-state index in [-0.39, 0.29) is 23.0 Å². The van der Waals surface area contributed by atoms with Crippen molar-refractivity contribution in [2.75, 3.05) is 0 Å². The molecule has 1 atom stereocenters. The maximum atomic E-state index is 12.3.